The van der Waals surface area contributed by atoms with Crippen LogP contribution in [0, 0.1) is 0 Å². The van der Waals surface area contributed by atoms with E-state index in [1.165, 1.54) is 70.6 Å². The lowest BCUT2D eigenvalue weighted by molar-refractivity contribution is -0.147. The van der Waals surface area contributed by atoms with E-state index in [0.29, 0.717) is 12.8 Å². The molecule has 3 unspecified atom stereocenters. The molecule has 0 aromatic carbocycles. The number of phosphoric ester groups is 1. The van der Waals surface area contributed by atoms with Gasteiger partial charge in [0.25, 0.3) is 0 Å². The number of hydrogen-bond donors (Lipinski definition) is 4. The molecule has 0 rings (SSSR count). The molecule has 0 aromatic heterocycles. The van der Waals surface area contributed by atoms with Crippen molar-refractivity contribution in [1.29, 1.82) is 0 Å². The smallest absolute Gasteiger partial charge is 0.472 e. The predicted octanol–water partition coefficient (Wildman–Crippen LogP) is 10.4. The summed E-state index contributed by atoms with van der Waals surface area (Å²) in [5.74, 6) is -2.39. The molecule has 0 spiro atoms. The topological polar surface area (TPSA) is 169 Å². The highest BCUT2D eigenvalue weighted by Crippen LogP contribution is 2.43. The second-order valence-corrected chi connectivity index (χ2v) is 15.6. The molecule has 0 bridgehead atoms. The molecule has 314 valence electrons. The Morgan fingerprint density at radius 3 is 1.56 bits per heavy atom. The van der Waals surface area contributed by atoms with Crippen molar-refractivity contribution in [2.24, 2.45) is 0 Å². The minimum Gasteiger partial charge on any atom is -0.480 e. The summed E-state index contributed by atoms with van der Waals surface area (Å²) in [7, 11) is -4.76. The first-order valence-corrected chi connectivity index (χ1v) is 22.5. The maximum absolute atomic E-state index is 12.2. The summed E-state index contributed by atoms with van der Waals surface area (Å²) in [5, 5.41) is 21.8. The molecular weight excluding hydrogens is 709 g/mol. The van der Waals surface area contributed by atoms with E-state index in [4.69, 9.17) is 13.8 Å². The molecule has 0 aliphatic heterocycles. The Morgan fingerprint density at radius 1 is 0.593 bits per heavy atom. The van der Waals surface area contributed by atoms with Crippen LogP contribution in [0.4, 0.5) is 0 Å². The first-order chi connectivity index (χ1) is 26.1. The fourth-order valence-electron chi connectivity index (χ4n) is 5.57. The van der Waals surface area contributed by atoms with E-state index < -0.39 is 57.6 Å². The first-order valence-electron chi connectivity index (χ1n) is 21.0. The van der Waals surface area contributed by atoms with Crippen molar-refractivity contribution in [3.8, 4) is 0 Å². The zero-order chi connectivity index (χ0) is 40.0. The van der Waals surface area contributed by atoms with E-state index in [9.17, 15) is 34.1 Å². The van der Waals surface area contributed by atoms with Crippen LogP contribution in [0.3, 0.4) is 0 Å². The molecular formula is C42H76NO10P. The van der Waals surface area contributed by atoms with Gasteiger partial charge in [0.05, 0.1) is 13.2 Å². The van der Waals surface area contributed by atoms with Gasteiger partial charge in [0.1, 0.15) is 12.7 Å². The molecule has 12 heteroatoms. The van der Waals surface area contributed by atoms with Crippen molar-refractivity contribution in [1.82, 2.24) is 5.32 Å². The van der Waals surface area contributed by atoms with Gasteiger partial charge in [-0.25, -0.2) is 9.36 Å². The number of nitrogens with one attached hydrogen (secondary N) is 1. The number of unbranched alkanes of at least 4 members (excludes halogenated alkanes) is 19. The van der Waals surface area contributed by atoms with Crippen molar-refractivity contribution in [3.63, 3.8) is 0 Å². The molecule has 0 saturated carbocycles. The van der Waals surface area contributed by atoms with Crippen LogP contribution in [-0.4, -0.2) is 64.9 Å². The standard InChI is InChI=1S/C42H76NO10P/c1-3-5-7-9-11-13-15-17-18-19-20-21-22-24-26-28-30-32-34-41(46)51-35-38(44)36-52-54(49,50)53-37-39(42(47)48)43-40(45)33-31-29-27-25-23-16-14-12-10-8-6-4-2/h12-15,18-19,38-39,44H,3-11,16-17,20-37H2,1-2H3,(H,43,45)(H,47,48)(H,49,50)/b14-12-,15-13-,19-18-. The third-order valence-electron chi connectivity index (χ3n) is 8.90. The zero-order valence-electron chi connectivity index (χ0n) is 33.8. The molecule has 0 fully saturated rings. The first kappa shape index (κ1) is 51.7. The number of esters is 1. The quantitative estimate of drug-likeness (QED) is 0.0204. The van der Waals surface area contributed by atoms with Crippen LogP contribution >= 0.6 is 7.82 Å². The number of ether oxygens (including phenoxy) is 1. The zero-order valence-corrected chi connectivity index (χ0v) is 34.7. The Labute approximate surface area is 327 Å². The highest BCUT2D eigenvalue weighted by atomic mass is 31.2. The van der Waals surface area contributed by atoms with Gasteiger partial charge in [-0.15, -0.1) is 0 Å². The number of allylic oxidation sites excluding steroid dienone is 6. The van der Waals surface area contributed by atoms with E-state index >= 15 is 0 Å². The molecule has 0 radical (unpaired) electrons. The molecule has 54 heavy (non-hydrogen) atoms. The number of carbonyl (C=O) groups excluding carboxylic acids is 2. The van der Waals surface area contributed by atoms with Crippen molar-refractivity contribution in [3.05, 3.63) is 36.5 Å². The normalized spacial score (nSPS) is 14.1. The molecule has 3 atom stereocenters. The van der Waals surface area contributed by atoms with Gasteiger partial charge < -0.3 is 25.2 Å². The van der Waals surface area contributed by atoms with Crippen LogP contribution in [0.5, 0.6) is 0 Å². The van der Waals surface area contributed by atoms with Gasteiger partial charge in [0.15, 0.2) is 6.04 Å². The number of aliphatic hydroxyl groups is 1. The second-order valence-electron chi connectivity index (χ2n) is 14.2. The molecule has 0 saturated heterocycles. The van der Waals surface area contributed by atoms with E-state index in [-0.39, 0.29) is 12.8 Å². The minimum absolute atomic E-state index is 0.135. The largest absolute Gasteiger partial charge is 0.480 e. The van der Waals surface area contributed by atoms with Crippen LogP contribution in [0.15, 0.2) is 36.5 Å². The van der Waals surface area contributed by atoms with Gasteiger partial charge in [0.2, 0.25) is 5.91 Å². The number of carboxylic acids is 1. The summed E-state index contributed by atoms with van der Waals surface area (Å²) in [4.78, 5) is 45.8. The highest BCUT2D eigenvalue weighted by Gasteiger charge is 2.28. The molecule has 0 heterocycles. The van der Waals surface area contributed by atoms with E-state index in [2.05, 4.69) is 55.6 Å². The Morgan fingerprint density at radius 2 is 1.02 bits per heavy atom. The van der Waals surface area contributed by atoms with Gasteiger partial charge in [-0.1, -0.05) is 134 Å². The number of carboxylic acid groups (broad SMARTS) is 1. The summed E-state index contributed by atoms with van der Waals surface area (Å²) in [6, 6.07) is -1.55. The third kappa shape index (κ3) is 36.7. The summed E-state index contributed by atoms with van der Waals surface area (Å²) < 4.78 is 26.8. The second kappa shape index (κ2) is 37.6. The number of aliphatic hydroxyl groups excluding tert-OH is 1. The lowest BCUT2D eigenvalue weighted by Gasteiger charge is -2.18. The summed E-state index contributed by atoms with van der Waals surface area (Å²) in [6.45, 7) is 2.52. The number of aliphatic carboxylic acids is 1. The lowest BCUT2D eigenvalue weighted by atomic mass is 10.1. The Kier molecular flexibility index (Phi) is 36.0. The predicted molar refractivity (Wildman–Crippen MR) is 217 cm³/mol. The molecule has 0 aliphatic carbocycles. The van der Waals surface area contributed by atoms with Crippen LogP contribution in [0.25, 0.3) is 0 Å². The molecule has 4 N–H and O–H groups in total. The van der Waals surface area contributed by atoms with E-state index in [1.54, 1.807) is 0 Å². The Hall–Kier alpha value is -2.30. The van der Waals surface area contributed by atoms with E-state index in [1.807, 2.05) is 0 Å². The number of hydrogen-bond acceptors (Lipinski definition) is 8. The van der Waals surface area contributed by atoms with Crippen LogP contribution in [-0.2, 0) is 32.7 Å². The highest BCUT2D eigenvalue weighted by molar-refractivity contribution is 7.47. The average molecular weight is 786 g/mol. The molecule has 0 aliphatic rings. The molecule has 11 nitrogen and oxygen atoms in total. The Bertz CT molecular complexity index is 1060. The van der Waals surface area contributed by atoms with Gasteiger partial charge in [0, 0.05) is 12.8 Å². The van der Waals surface area contributed by atoms with Gasteiger partial charge in [-0.2, -0.15) is 0 Å². The fourth-order valence-corrected chi connectivity index (χ4v) is 6.35. The maximum Gasteiger partial charge on any atom is 0.472 e. The molecule has 1 amide bonds. The number of amides is 1. The minimum atomic E-state index is -4.76. The number of carbonyl (C=O) groups is 3. The van der Waals surface area contributed by atoms with Crippen molar-refractivity contribution in [2.75, 3.05) is 19.8 Å². The fraction of sp³-hybridized carbons (Fsp3) is 0.786. The maximum atomic E-state index is 12.2. The van der Waals surface area contributed by atoms with Crippen LogP contribution < -0.4 is 5.32 Å². The monoisotopic (exact) mass is 786 g/mol. The number of phosphoric acid groups is 1. The lowest BCUT2D eigenvalue weighted by Crippen LogP contribution is -2.43. The SMILES string of the molecule is CCCCC/C=C\CCCCCCCC(=O)NC(COP(=O)(O)OCC(O)COC(=O)CCCCCCCCC/C=C\C/C=C\CCCCCC)C(=O)O. The van der Waals surface area contributed by atoms with Gasteiger partial charge in [-0.05, 0) is 70.6 Å². The van der Waals surface area contributed by atoms with Crippen molar-refractivity contribution in [2.45, 2.75) is 193 Å². The third-order valence-corrected chi connectivity index (χ3v) is 9.85. The van der Waals surface area contributed by atoms with Gasteiger partial charge >= 0.3 is 19.8 Å². The average Bonchev–Trinajstić information content (AvgIpc) is 3.14. The van der Waals surface area contributed by atoms with Crippen LogP contribution in [0.1, 0.15) is 181 Å². The summed E-state index contributed by atoms with van der Waals surface area (Å²) in [5.41, 5.74) is 0. The van der Waals surface area contributed by atoms with Crippen LogP contribution in [0.2, 0.25) is 0 Å². The van der Waals surface area contributed by atoms with Gasteiger partial charge in [-0.3, -0.25) is 18.6 Å². The Balaban J connectivity index is 3.92. The van der Waals surface area contributed by atoms with Crippen molar-refractivity contribution >= 4 is 25.7 Å². The van der Waals surface area contributed by atoms with E-state index in [0.717, 1.165) is 70.6 Å². The molecule has 0 aromatic rings. The summed E-state index contributed by atoms with van der Waals surface area (Å²) in [6.07, 6.45) is 38.8. The summed E-state index contributed by atoms with van der Waals surface area (Å²) >= 11 is 0. The van der Waals surface area contributed by atoms with Crippen molar-refractivity contribution < 1.29 is 47.8 Å². The number of rotatable bonds is 39.